The molecule has 1 amide bonds. The van der Waals surface area contributed by atoms with Crippen molar-refractivity contribution in [2.75, 3.05) is 5.32 Å². The fraction of sp³-hybridized carbons (Fsp3) is 0.286. The van der Waals surface area contributed by atoms with E-state index in [-0.39, 0.29) is 11.9 Å². The van der Waals surface area contributed by atoms with Crippen LogP contribution in [0.3, 0.4) is 0 Å². The van der Waals surface area contributed by atoms with Gasteiger partial charge in [0.2, 0.25) is 0 Å². The molecule has 0 bridgehead atoms. The molecule has 4 aromatic rings. The number of nitrogens with zero attached hydrogens (tertiary/aromatic N) is 6. The zero-order valence-corrected chi connectivity index (χ0v) is 16.9. The van der Waals surface area contributed by atoms with Crippen LogP contribution in [-0.2, 0) is 0 Å². The van der Waals surface area contributed by atoms with Crippen molar-refractivity contribution in [1.82, 2.24) is 29.5 Å². The van der Waals surface area contributed by atoms with Gasteiger partial charge in [-0.05, 0) is 45.9 Å². The van der Waals surface area contributed by atoms with Gasteiger partial charge in [0, 0.05) is 29.2 Å². The van der Waals surface area contributed by atoms with Crippen LogP contribution in [0.2, 0.25) is 0 Å². The van der Waals surface area contributed by atoms with Gasteiger partial charge < -0.3 is 9.88 Å². The van der Waals surface area contributed by atoms with Gasteiger partial charge in [0.15, 0.2) is 5.82 Å². The standard InChI is InChI=1S/C21H23N7O/c1-13(2)27-12-22-10-19(27)15-5-6-18-16(7-15)8-20(26-25-18)24-21(29)17-9-23-28(11-17)14(3)4/h5-14H,1-4H3,(H,24,26,29). The lowest BCUT2D eigenvalue weighted by Crippen LogP contribution is -2.13. The number of carbonyl (C=O) groups is 1. The van der Waals surface area contributed by atoms with Crippen molar-refractivity contribution in [1.29, 1.82) is 0 Å². The number of hydrogen-bond acceptors (Lipinski definition) is 5. The highest BCUT2D eigenvalue weighted by Gasteiger charge is 2.13. The molecule has 0 radical (unpaired) electrons. The molecule has 29 heavy (non-hydrogen) atoms. The SMILES string of the molecule is CC(C)n1cc(C(=O)Nc2cc3cc(-c4cncn4C(C)C)ccc3nn2)cn1. The van der Waals surface area contributed by atoms with Crippen molar-refractivity contribution in [2.24, 2.45) is 0 Å². The Morgan fingerprint density at radius 3 is 2.59 bits per heavy atom. The summed E-state index contributed by atoms with van der Waals surface area (Å²) in [6, 6.07) is 8.29. The Balaban J connectivity index is 1.62. The van der Waals surface area contributed by atoms with E-state index in [2.05, 4.69) is 44.0 Å². The molecular formula is C21H23N7O. The monoisotopic (exact) mass is 389 g/mol. The van der Waals surface area contributed by atoms with E-state index >= 15 is 0 Å². The minimum Gasteiger partial charge on any atom is -0.328 e. The Labute approximate surface area is 168 Å². The third kappa shape index (κ3) is 3.73. The van der Waals surface area contributed by atoms with E-state index in [0.717, 1.165) is 22.2 Å². The maximum Gasteiger partial charge on any atom is 0.260 e. The Morgan fingerprint density at radius 1 is 1.03 bits per heavy atom. The minimum atomic E-state index is -0.264. The lowest BCUT2D eigenvalue weighted by Gasteiger charge is -2.12. The molecule has 148 valence electrons. The number of hydrogen-bond donors (Lipinski definition) is 1. The van der Waals surface area contributed by atoms with E-state index < -0.39 is 0 Å². The molecule has 1 N–H and O–H groups in total. The lowest BCUT2D eigenvalue weighted by molar-refractivity contribution is 0.102. The Morgan fingerprint density at radius 2 is 1.86 bits per heavy atom. The normalized spacial score (nSPS) is 11.5. The molecule has 0 aliphatic rings. The molecule has 1 aromatic carbocycles. The summed E-state index contributed by atoms with van der Waals surface area (Å²) in [7, 11) is 0. The molecule has 8 nitrogen and oxygen atoms in total. The van der Waals surface area contributed by atoms with Crippen molar-refractivity contribution in [3.8, 4) is 11.3 Å². The minimum absolute atomic E-state index is 0.190. The van der Waals surface area contributed by atoms with Gasteiger partial charge in [-0.15, -0.1) is 10.2 Å². The molecule has 0 fully saturated rings. The number of rotatable bonds is 5. The average Bonchev–Trinajstić information content (AvgIpc) is 3.37. The lowest BCUT2D eigenvalue weighted by atomic mass is 10.1. The fourth-order valence-electron chi connectivity index (χ4n) is 3.13. The maximum atomic E-state index is 12.5. The predicted molar refractivity (Wildman–Crippen MR) is 112 cm³/mol. The molecule has 4 rings (SSSR count). The van der Waals surface area contributed by atoms with Crippen molar-refractivity contribution in [2.45, 2.75) is 39.8 Å². The average molecular weight is 389 g/mol. The van der Waals surface area contributed by atoms with Crippen LogP contribution in [0.1, 0.15) is 50.1 Å². The van der Waals surface area contributed by atoms with Crippen molar-refractivity contribution < 1.29 is 4.79 Å². The summed E-state index contributed by atoms with van der Waals surface area (Å²) in [6.07, 6.45) is 6.96. The first-order chi connectivity index (χ1) is 13.9. The zero-order chi connectivity index (χ0) is 20.5. The van der Waals surface area contributed by atoms with E-state index in [1.165, 1.54) is 0 Å². The highest BCUT2D eigenvalue weighted by Crippen LogP contribution is 2.26. The van der Waals surface area contributed by atoms with Crippen LogP contribution in [-0.4, -0.2) is 35.4 Å². The van der Waals surface area contributed by atoms with Gasteiger partial charge in [-0.1, -0.05) is 6.07 Å². The van der Waals surface area contributed by atoms with Crippen LogP contribution in [0.5, 0.6) is 0 Å². The summed E-state index contributed by atoms with van der Waals surface area (Å²) in [5.74, 6) is 0.133. The molecule has 0 aliphatic heterocycles. The largest absolute Gasteiger partial charge is 0.328 e. The van der Waals surface area contributed by atoms with E-state index in [0.29, 0.717) is 17.4 Å². The number of nitrogens with one attached hydrogen (secondary N) is 1. The summed E-state index contributed by atoms with van der Waals surface area (Å²) >= 11 is 0. The second-order valence-corrected chi connectivity index (χ2v) is 7.54. The molecule has 0 spiro atoms. The Hall–Kier alpha value is -3.55. The number of imidazole rings is 1. The first-order valence-corrected chi connectivity index (χ1v) is 9.57. The zero-order valence-electron chi connectivity index (χ0n) is 16.9. The highest BCUT2D eigenvalue weighted by molar-refractivity contribution is 6.04. The van der Waals surface area contributed by atoms with Gasteiger partial charge >= 0.3 is 0 Å². The second-order valence-electron chi connectivity index (χ2n) is 7.54. The predicted octanol–water partition coefficient (Wildman–Crippen LogP) is 4.10. The number of anilines is 1. The summed E-state index contributed by atoms with van der Waals surface area (Å²) < 4.78 is 3.86. The number of fused-ring (bicyclic) bond motifs is 1. The molecule has 0 atom stereocenters. The number of amides is 1. The second kappa shape index (κ2) is 7.46. The highest BCUT2D eigenvalue weighted by atomic mass is 16.1. The molecule has 3 heterocycles. The van der Waals surface area contributed by atoms with Gasteiger partial charge in [-0.25, -0.2) is 4.98 Å². The van der Waals surface area contributed by atoms with Crippen LogP contribution in [0.25, 0.3) is 22.2 Å². The van der Waals surface area contributed by atoms with Gasteiger partial charge in [-0.2, -0.15) is 5.10 Å². The fourth-order valence-corrected chi connectivity index (χ4v) is 3.13. The van der Waals surface area contributed by atoms with Crippen LogP contribution in [0, 0.1) is 0 Å². The van der Waals surface area contributed by atoms with E-state index in [1.54, 1.807) is 17.1 Å². The number of benzene rings is 1. The Kier molecular flexibility index (Phi) is 4.84. The molecule has 0 aliphatic carbocycles. The smallest absolute Gasteiger partial charge is 0.260 e. The van der Waals surface area contributed by atoms with Crippen LogP contribution in [0.4, 0.5) is 5.82 Å². The van der Waals surface area contributed by atoms with E-state index in [1.807, 2.05) is 50.6 Å². The summed E-state index contributed by atoms with van der Waals surface area (Å²) in [5, 5.41) is 16.3. The molecule has 0 saturated heterocycles. The molecule has 0 saturated carbocycles. The summed E-state index contributed by atoms with van der Waals surface area (Å²) in [5.41, 5.74) is 3.31. The van der Waals surface area contributed by atoms with Crippen LogP contribution >= 0.6 is 0 Å². The van der Waals surface area contributed by atoms with Crippen LogP contribution < -0.4 is 5.32 Å². The molecular weight excluding hydrogens is 366 g/mol. The van der Waals surface area contributed by atoms with Crippen molar-refractivity contribution >= 4 is 22.6 Å². The topological polar surface area (TPSA) is 90.5 Å². The van der Waals surface area contributed by atoms with E-state index in [4.69, 9.17) is 0 Å². The van der Waals surface area contributed by atoms with Gasteiger partial charge in [0.05, 0.1) is 35.5 Å². The summed E-state index contributed by atoms with van der Waals surface area (Å²) in [6.45, 7) is 8.25. The Bertz CT molecular complexity index is 1170. The van der Waals surface area contributed by atoms with Crippen molar-refractivity contribution in [3.05, 3.63) is 54.7 Å². The molecule has 3 aromatic heterocycles. The molecule has 0 unspecified atom stereocenters. The number of carbonyl (C=O) groups excluding carboxylic acids is 1. The van der Waals surface area contributed by atoms with Crippen molar-refractivity contribution in [3.63, 3.8) is 0 Å². The quantitative estimate of drug-likeness (QED) is 0.555. The first-order valence-electron chi connectivity index (χ1n) is 9.57. The van der Waals surface area contributed by atoms with E-state index in [9.17, 15) is 4.79 Å². The van der Waals surface area contributed by atoms with Gasteiger partial charge in [0.25, 0.3) is 5.91 Å². The maximum absolute atomic E-state index is 12.5. The third-order valence-corrected chi connectivity index (χ3v) is 4.74. The molecule has 8 heteroatoms. The van der Waals surface area contributed by atoms with Crippen LogP contribution in [0.15, 0.2) is 49.2 Å². The summed E-state index contributed by atoms with van der Waals surface area (Å²) in [4.78, 5) is 16.8. The van der Waals surface area contributed by atoms with Gasteiger partial charge in [-0.3, -0.25) is 9.48 Å². The first kappa shape index (κ1) is 18.8. The third-order valence-electron chi connectivity index (χ3n) is 4.74. The van der Waals surface area contributed by atoms with Gasteiger partial charge in [0.1, 0.15) is 0 Å². The number of aromatic nitrogens is 6.